The van der Waals surface area contributed by atoms with Crippen LogP contribution in [0, 0.1) is 11.8 Å². The first-order valence-electron chi connectivity index (χ1n) is 8.70. The molecule has 5 nitrogen and oxygen atoms in total. The third-order valence-electron chi connectivity index (χ3n) is 4.07. The zero-order chi connectivity index (χ0) is 22.6. The Morgan fingerprint density at radius 2 is 1.52 bits per heavy atom. The summed E-state index contributed by atoms with van der Waals surface area (Å²) in [5.41, 5.74) is -0.0874. The third kappa shape index (κ3) is 5.65. The van der Waals surface area contributed by atoms with Crippen molar-refractivity contribution in [3.63, 3.8) is 0 Å². The van der Waals surface area contributed by atoms with Crippen molar-refractivity contribution in [2.75, 3.05) is 4.72 Å². The number of nitrogens with one attached hydrogen (secondary N) is 1. The number of rotatable bonds is 4. The quantitative estimate of drug-likeness (QED) is 0.575. The van der Waals surface area contributed by atoms with Crippen molar-refractivity contribution in [1.82, 2.24) is 0 Å². The molecular formula is C22H14F3NO4S. The average Bonchev–Trinajstić information content (AvgIpc) is 2.73. The van der Waals surface area contributed by atoms with Gasteiger partial charge < -0.3 is 5.11 Å². The Bertz CT molecular complexity index is 1290. The Labute approximate surface area is 176 Å². The SMILES string of the molecule is O=C(O)c1cccc(S(=O)(=O)Nc2ccc(C#Cc3cccc(C(F)(F)F)c3)cc2)c1. The number of halogens is 3. The molecule has 0 unspecified atom stereocenters. The first-order valence-corrected chi connectivity index (χ1v) is 10.2. The molecule has 0 aromatic heterocycles. The summed E-state index contributed by atoms with van der Waals surface area (Å²) in [6, 6.07) is 15.4. The lowest BCUT2D eigenvalue weighted by molar-refractivity contribution is -0.137. The lowest BCUT2D eigenvalue weighted by atomic mass is 10.1. The van der Waals surface area contributed by atoms with E-state index in [0.29, 0.717) is 5.56 Å². The Morgan fingerprint density at radius 3 is 2.16 bits per heavy atom. The maximum Gasteiger partial charge on any atom is 0.416 e. The number of carbonyl (C=O) groups is 1. The van der Waals surface area contributed by atoms with Gasteiger partial charge in [0.25, 0.3) is 10.0 Å². The molecule has 0 aliphatic heterocycles. The predicted molar refractivity (Wildman–Crippen MR) is 108 cm³/mol. The van der Waals surface area contributed by atoms with Gasteiger partial charge in [-0.25, -0.2) is 13.2 Å². The molecule has 3 rings (SSSR count). The van der Waals surface area contributed by atoms with E-state index in [9.17, 15) is 26.4 Å². The third-order valence-corrected chi connectivity index (χ3v) is 5.45. The van der Waals surface area contributed by atoms with E-state index in [1.54, 1.807) is 0 Å². The van der Waals surface area contributed by atoms with Gasteiger partial charge in [0.2, 0.25) is 0 Å². The fourth-order valence-corrected chi connectivity index (χ4v) is 3.65. The number of carboxylic acid groups (broad SMARTS) is 1. The number of benzene rings is 3. The molecule has 31 heavy (non-hydrogen) atoms. The summed E-state index contributed by atoms with van der Waals surface area (Å²) >= 11 is 0. The number of alkyl halides is 3. The van der Waals surface area contributed by atoms with E-state index < -0.39 is 27.7 Å². The van der Waals surface area contributed by atoms with Crippen LogP contribution in [0.2, 0.25) is 0 Å². The largest absolute Gasteiger partial charge is 0.478 e. The molecule has 0 heterocycles. The van der Waals surface area contributed by atoms with E-state index in [2.05, 4.69) is 16.6 Å². The summed E-state index contributed by atoms with van der Waals surface area (Å²) in [6.07, 6.45) is -4.46. The molecule has 0 radical (unpaired) electrons. The van der Waals surface area contributed by atoms with Gasteiger partial charge in [0, 0.05) is 16.8 Å². The first-order chi connectivity index (χ1) is 14.5. The summed E-state index contributed by atoms with van der Waals surface area (Å²) < 4.78 is 65.5. The van der Waals surface area contributed by atoms with E-state index >= 15 is 0 Å². The second-order valence-corrected chi connectivity index (χ2v) is 8.03. The van der Waals surface area contributed by atoms with Crippen LogP contribution < -0.4 is 4.72 Å². The predicted octanol–water partition coefficient (Wildman–Crippen LogP) is 4.60. The van der Waals surface area contributed by atoms with Crippen LogP contribution in [-0.2, 0) is 16.2 Å². The van der Waals surface area contributed by atoms with Crippen molar-refractivity contribution < 1.29 is 31.5 Å². The summed E-state index contributed by atoms with van der Waals surface area (Å²) in [7, 11) is -4.01. The molecule has 3 aromatic rings. The normalized spacial score (nSPS) is 11.3. The van der Waals surface area contributed by atoms with Gasteiger partial charge in [0.05, 0.1) is 16.0 Å². The number of hydrogen-bond acceptors (Lipinski definition) is 3. The van der Waals surface area contributed by atoms with E-state index in [0.717, 1.165) is 18.2 Å². The minimum absolute atomic E-state index is 0.164. The van der Waals surface area contributed by atoms with Crippen LogP contribution >= 0.6 is 0 Å². The van der Waals surface area contributed by atoms with Crippen molar-refractivity contribution in [3.05, 3.63) is 95.1 Å². The van der Waals surface area contributed by atoms with Crippen LogP contribution in [0.4, 0.5) is 18.9 Å². The fourth-order valence-electron chi connectivity index (χ4n) is 2.55. The van der Waals surface area contributed by atoms with Gasteiger partial charge in [-0.05, 0) is 60.7 Å². The van der Waals surface area contributed by atoms with E-state index in [1.165, 1.54) is 54.6 Å². The number of carboxylic acids is 1. The molecule has 0 fully saturated rings. The second kappa shape index (κ2) is 8.53. The van der Waals surface area contributed by atoms with Gasteiger partial charge in [-0.3, -0.25) is 4.72 Å². The van der Waals surface area contributed by atoms with Crippen molar-refractivity contribution in [3.8, 4) is 11.8 Å². The van der Waals surface area contributed by atoms with Crippen molar-refractivity contribution in [2.24, 2.45) is 0 Å². The van der Waals surface area contributed by atoms with Crippen LogP contribution in [0.3, 0.4) is 0 Å². The standard InChI is InChI=1S/C22H14F3NO4S/c23-22(24,25)18-5-1-3-16(13-18)8-7-15-9-11-19(12-10-15)26-31(29,30)20-6-2-4-17(14-20)21(27)28/h1-6,9-14,26H,(H,27,28). The monoisotopic (exact) mass is 445 g/mol. The molecule has 0 saturated carbocycles. The number of hydrogen-bond donors (Lipinski definition) is 2. The molecule has 0 amide bonds. The molecule has 0 bridgehead atoms. The number of aromatic carboxylic acids is 1. The zero-order valence-corrected chi connectivity index (χ0v) is 16.5. The second-order valence-electron chi connectivity index (χ2n) is 6.34. The molecule has 0 aliphatic rings. The van der Waals surface area contributed by atoms with Crippen LogP contribution in [0.15, 0.2) is 77.7 Å². The topological polar surface area (TPSA) is 83.5 Å². The van der Waals surface area contributed by atoms with Gasteiger partial charge in [0.15, 0.2) is 0 Å². The molecule has 9 heteroatoms. The zero-order valence-electron chi connectivity index (χ0n) is 15.6. The Kier molecular flexibility index (Phi) is 6.04. The highest BCUT2D eigenvalue weighted by Crippen LogP contribution is 2.29. The molecular weight excluding hydrogens is 431 g/mol. The summed E-state index contributed by atoms with van der Waals surface area (Å²) in [6.45, 7) is 0. The van der Waals surface area contributed by atoms with E-state index in [4.69, 9.17) is 5.11 Å². The molecule has 0 saturated heterocycles. The van der Waals surface area contributed by atoms with Gasteiger partial charge >= 0.3 is 12.1 Å². The average molecular weight is 445 g/mol. The Balaban J connectivity index is 1.77. The fraction of sp³-hybridized carbons (Fsp3) is 0.0455. The van der Waals surface area contributed by atoms with E-state index in [-0.39, 0.29) is 21.7 Å². The molecule has 0 spiro atoms. The van der Waals surface area contributed by atoms with E-state index in [1.807, 2.05) is 0 Å². The molecule has 0 aliphatic carbocycles. The lowest BCUT2D eigenvalue weighted by Gasteiger charge is -2.08. The minimum Gasteiger partial charge on any atom is -0.478 e. The van der Waals surface area contributed by atoms with Crippen molar-refractivity contribution in [2.45, 2.75) is 11.1 Å². The summed E-state index contributed by atoms with van der Waals surface area (Å²) in [5.74, 6) is 4.11. The first kappa shape index (κ1) is 21.9. The lowest BCUT2D eigenvalue weighted by Crippen LogP contribution is -2.13. The van der Waals surface area contributed by atoms with Crippen molar-refractivity contribution >= 4 is 21.7 Å². The number of anilines is 1. The van der Waals surface area contributed by atoms with Crippen LogP contribution in [0.1, 0.15) is 27.0 Å². The molecule has 2 N–H and O–H groups in total. The Hall–Kier alpha value is -3.77. The van der Waals surface area contributed by atoms with Gasteiger partial charge in [0.1, 0.15) is 0 Å². The number of sulfonamides is 1. The van der Waals surface area contributed by atoms with Gasteiger partial charge in [-0.15, -0.1) is 0 Å². The molecule has 158 valence electrons. The van der Waals surface area contributed by atoms with Gasteiger partial charge in [-0.1, -0.05) is 24.0 Å². The highest BCUT2D eigenvalue weighted by molar-refractivity contribution is 7.92. The van der Waals surface area contributed by atoms with Crippen molar-refractivity contribution in [1.29, 1.82) is 0 Å². The summed E-state index contributed by atoms with van der Waals surface area (Å²) in [4.78, 5) is 10.8. The molecule has 3 aromatic carbocycles. The van der Waals surface area contributed by atoms with Crippen LogP contribution in [0.25, 0.3) is 0 Å². The minimum atomic E-state index is -4.46. The molecule has 0 atom stereocenters. The highest BCUT2D eigenvalue weighted by atomic mass is 32.2. The van der Waals surface area contributed by atoms with Gasteiger partial charge in [-0.2, -0.15) is 13.2 Å². The maximum atomic E-state index is 12.8. The maximum absolute atomic E-state index is 12.8. The smallest absolute Gasteiger partial charge is 0.416 e. The van der Waals surface area contributed by atoms with Crippen LogP contribution in [0.5, 0.6) is 0 Å². The Morgan fingerprint density at radius 1 is 0.871 bits per heavy atom. The highest BCUT2D eigenvalue weighted by Gasteiger charge is 2.30. The summed E-state index contributed by atoms with van der Waals surface area (Å²) in [5, 5.41) is 9.00. The van der Waals surface area contributed by atoms with Crippen LogP contribution in [-0.4, -0.2) is 19.5 Å².